The van der Waals surface area contributed by atoms with Crippen LogP contribution < -0.4 is 4.90 Å². The van der Waals surface area contributed by atoms with Crippen molar-refractivity contribution in [2.45, 2.75) is 39.2 Å². The van der Waals surface area contributed by atoms with Crippen molar-refractivity contribution in [3.05, 3.63) is 16.5 Å². The van der Waals surface area contributed by atoms with Gasteiger partial charge in [0.15, 0.2) is 0 Å². The highest BCUT2D eigenvalue weighted by molar-refractivity contribution is 6.30. The molecule has 1 aromatic rings. The van der Waals surface area contributed by atoms with E-state index in [9.17, 15) is 0 Å². The van der Waals surface area contributed by atoms with E-state index >= 15 is 0 Å². The molecule has 1 aromatic heterocycles. The van der Waals surface area contributed by atoms with Crippen molar-refractivity contribution >= 4 is 17.4 Å². The summed E-state index contributed by atoms with van der Waals surface area (Å²) in [6.45, 7) is 5.68. The fourth-order valence-corrected chi connectivity index (χ4v) is 2.38. The second-order valence-corrected chi connectivity index (χ2v) is 5.12. The van der Waals surface area contributed by atoms with Gasteiger partial charge in [-0.05, 0) is 19.8 Å². The van der Waals surface area contributed by atoms with Gasteiger partial charge in [-0.2, -0.15) is 0 Å². The van der Waals surface area contributed by atoms with Crippen LogP contribution >= 0.6 is 11.6 Å². The molecule has 18 heavy (non-hydrogen) atoms. The van der Waals surface area contributed by atoms with Crippen LogP contribution in [0.4, 0.5) is 5.82 Å². The Hall–Kier alpha value is -0.870. The van der Waals surface area contributed by atoms with Crippen molar-refractivity contribution in [3.8, 4) is 0 Å². The first-order valence-corrected chi connectivity index (χ1v) is 6.84. The molecule has 0 saturated carbocycles. The lowest BCUT2D eigenvalue weighted by Gasteiger charge is -2.26. The van der Waals surface area contributed by atoms with Crippen molar-refractivity contribution in [3.63, 3.8) is 0 Å². The number of likely N-dealkylation sites (N-methyl/N-ethyl adjacent to an activating group) is 1. The monoisotopic (exact) mass is 269 g/mol. The third-order valence-electron chi connectivity index (χ3n) is 3.37. The lowest BCUT2D eigenvalue weighted by Crippen LogP contribution is -2.33. The fraction of sp³-hybridized carbons (Fsp3) is 0.692. The Morgan fingerprint density at radius 1 is 1.44 bits per heavy atom. The number of aryl methyl sites for hydroxylation is 1. The maximum absolute atomic E-state index is 6.20. The quantitative estimate of drug-likeness (QED) is 0.788. The molecule has 0 N–H and O–H groups in total. The molecule has 0 amide bonds. The van der Waals surface area contributed by atoms with Gasteiger partial charge in [0, 0.05) is 25.6 Å². The van der Waals surface area contributed by atoms with Gasteiger partial charge in [0.1, 0.15) is 16.8 Å². The molecule has 0 aliphatic carbocycles. The molecule has 1 fully saturated rings. The van der Waals surface area contributed by atoms with E-state index in [1.165, 1.54) is 0 Å². The Bertz CT molecular complexity index is 419. The standard InChI is InChI=1S/C13H20ClN3O/c1-4-5-11-15-12(14)9(2)13(16-11)17(3)10-6-7-18-8-10/h10H,4-8H2,1-3H3. The summed E-state index contributed by atoms with van der Waals surface area (Å²) in [4.78, 5) is 11.1. The molecule has 0 radical (unpaired) electrons. The molecule has 1 atom stereocenters. The Balaban J connectivity index is 2.29. The molecule has 4 nitrogen and oxygen atoms in total. The molecule has 2 heterocycles. The van der Waals surface area contributed by atoms with E-state index in [-0.39, 0.29) is 0 Å². The third kappa shape index (κ3) is 2.75. The highest BCUT2D eigenvalue weighted by Crippen LogP contribution is 2.26. The van der Waals surface area contributed by atoms with Crippen LogP contribution in [0.2, 0.25) is 5.15 Å². The van der Waals surface area contributed by atoms with Crippen molar-refractivity contribution in [2.75, 3.05) is 25.2 Å². The van der Waals surface area contributed by atoms with Crippen LogP contribution in [0.25, 0.3) is 0 Å². The minimum atomic E-state index is 0.393. The number of hydrogen-bond donors (Lipinski definition) is 0. The Morgan fingerprint density at radius 2 is 2.22 bits per heavy atom. The van der Waals surface area contributed by atoms with Crippen LogP contribution in [0.5, 0.6) is 0 Å². The van der Waals surface area contributed by atoms with Gasteiger partial charge in [0.25, 0.3) is 0 Å². The summed E-state index contributed by atoms with van der Waals surface area (Å²) in [6.07, 6.45) is 2.93. The van der Waals surface area contributed by atoms with Crippen molar-refractivity contribution in [1.82, 2.24) is 9.97 Å². The van der Waals surface area contributed by atoms with E-state index in [1.54, 1.807) is 0 Å². The Morgan fingerprint density at radius 3 is 2.83 bits per heavy atom. The molecule has 5 heteroatoms. The van der Waals surface area contributed by atoms with Gasteiger partial charge >= 0.3 is 0 Å². The zero-order valence-corrected chi connectivity index (χ0v) is 12.0. The van der Waals surface area contributed by atoms with Gasteiger partial charge in [-0.25, -0.2) is 9.97 Å². The normalized spacial score (nSPS) is 19.2. The maximum atomic E-state index is 6.20. The summed E-state index contributed by atoms with van der Waals surface area (Å²) < 4.78 is 5.43. The molecule has 100 valence electrons. The zero-order chi connectivity index (χ0) is 13.1. The predicted octanol–water partition coefficient (Wildman–Crippen LogP) is 2.62. The summed E-state index contributed by atoms with van der Waals surface area (Å²) in [7, 11) is 2.06. The van der Waals surface area contributed by atoms with Gasteiger partial charge in [0.05, 0.1) is 12.6 Å². The summed E-state index contributed by atoms with van der Waals surface area (Å²) in [5.41, 5.74) is 0.950. The molecule has 2 rings (SSSR count). The number of halogens is 1. The van der Waals surface area contributed by atoms with Crippen LogP contribution in [0.3, 0.4) is 0 Å². The highest BCUT2D eigenvalue weighted by Gasteiger charge is 2.23. The molecule has 0 bridgehead atoms. The predicted molar refractivity (Wildman–Crippen MR) is 73.4 cm³/mol. The molecule has 1 saturated heterocycles. The van der Waals surface area contributed by atoms with E-state index < -0.39 is 0 Å². The van der Waals surface area contributed by atoms with Crippen LogP contribution in [-0.4, -0.2) is 36.3 Å². The Labute approximate surface area is 113 Å². The van der Waals surface area contributed by atoms with E-state index in [0.717, 1.165) is 49.7 Å². The minimum absolute atomic E-state index is 0.393. The fourth-order valence-electron chi connectivity index (χ4n) is 2.20. The van der Waals surface area contributed by atoms with Gasteiger partial charge in [-0.3, -0.25) is 0 Å². The van der Waals surface area contributed by atoms with Crippen LogP contribution in [-0.2, 0) is 11.2 Å². The number of hydrogen-bond acceptors (Lipinski definition) is 4. The first-order valence-electron chi connectivity index (χ1n) is 6.47. The first-order chi connectivity index (χ1) is 8.63. The highest BCUT2D eigenvalue weighted by atomic mass is 35.5. The molecule has 0 aromatic carbocycles. The molecular formula is C13H20ClN3O. The lowest BCUT2D eigenvalue weighted by atomic mass is 10.2. The number of aromatic nitrogens is 2. The number of rotatable bonds is 4. The number of nitrogens with zero attached hydrogens (tertiary/aromatic N) is 3. The summed E-state index contributed by atoms with van der Waals surface area (Å²) in [5, 5.41) is 0.564. The van der Waals surface area contributed by atoms with Gasteiger partial charge in [-0.1, -0.05) is 18.5 Å². The summed E-state index contributed by atoms with van der Waals surface area (Å²) in [6, 6.07) is 0.393. The molecule has 0 spiro atoms. The van der Waals surface area contributed by atoms with Gasteiger partial charge < -0.3 is 9.64 Å². The third-order valence-corrected chi connectivity index (χ3v) is 3.74. The van der Waals surface area contributed by atoms with Gasteiger partial charge in [-0.15, -0.1) is 0 Å². The topological polar surface area (TPSA) is 38.2 Å². The van der Waals surface area contributed by atoms with E-state index in [2.05, 4.69) is 28.8 Å². The largest absolute Gasteiger partial charge is 0.379 e. The van der Waals surface area contributed by atoms with Crippen molar-refractivity contribution < 1.29 is 4.74 Å². The Kier molecular flexibility index (Phi) is 4.40. The average Bonchev–Trinajstić information content (AvgIpc) is 2.86. The van der Waals surface area contributed by atoms with E-state index in [4.69, 9.17) is 16.3 Å². The number of anilines is 1. The van der Waals surface area contributed by atoms with E-state index in [0.29, 0.717) is 11.2 Å². The van der Waals surface area contributed by atoms with Crippen LogP contribution in [0.1, 0.15) is 31.2 Å². The average molecular weight is 270 g/mol. The summed E-state index contributed by atoms with van der Waals surface area (Å²) in [5.74, 6) is 1.77. The second-order valence-electron chi connectivity index (χ2n) is 4.76. The van der Waals surface area contributed by atoms with Crippen molar-refractivity contribution in [2.24, 2.45) is 0 Å². The molecular weight excluding hydrogens is 250 g/mol. The van der Waals surface area contributed by atoms with Crippen LogP contribution in [0, 0.1) is 6.92 Å². The first kappa shape index (κ1) is 13.6. The summed E-state index contributed by atoms with van der Waals surface area (Å²) >= 11 is 6.20. The minimum Gasteiger partial charge on any atom is -0.379 e. The zero-order valence-electron chi connectivity index (χ0n) is 11.2. The second kappa shape index (κ2) is 5.85. The van der Waals surface area contributed by atoms with Gasteiger partial charge in [0.2, 0.25) is 0 Å². The van der Waals surface area contributed by atoms with Crippen LogP contribution in [0.15, 0.2) is 0 Å². The number of ether oxygens (including phenoxy) is 1. The molecule has 1 unspecified atom stereocenters. The van der Waals surface area contributed by atoms with Crippen molar-refractivity contribution in [1.29, 1.82) is 0 Å². The lowest BCUT2D eigenvalue weighted by molar-refractivity contribution is 0.193. The molecule has 1 aliphatic rings. The van der Waals surface area contributed by atoms with E-state index in [1.807, 2.05) is 6.92 Å². The SMILES string of the molecule is CCCc1nc(Cl)c(C)c(N(C)C2CCOC2)n1. The smallest absolute Gasteiger partial charge is 0.137 e. The maximum Gasteiger partial charge on any atom is 0.137 e. The molecule has 1 aliphatic heterocycles.